The van der Waals surface area contributed by atoms with Crippen molar-refractivity contribution in [2.24, 2.45) is 0 Å². The van der Waals surface area contributed by atoms with Crippen molar-refractivity contribution in [2.75, 3.05) is 7.11 Å². The number of aryl methyl sites for hydroxylation is 1. The normalized spacial score (nSPS) is 16.7. The number of methoxy groups -OCH3 is 1. The molecular weight excluding hydrogens is 248 g/mol. The minimum absolute atomic E-state index is 0.0130. The Morgan fingerprint density at radius 3 is 2.75 bits per heavy atom. The first-order chi connectivity index (χ1) is 9.60. The van der Waals surface area contributed by atoms with Gasteiger partial charge in [0.15, 0.2) is 0 Å². The largest absolute Gasteiger partial charge is 0.497 e. The van der Waals surface area contributed by atoms with Gasteiger partial charge in [-0.1, -0.05) is 18.2 Å². The third-order valence-electron chi connectivity index (χ3n) is 4.00. The van der Waals surface area contributed by atoms with E-state index in [2.05, 4.69) is 51.1 Å². The van der Waals surface area contributed by atoms with Crippen LogP contribution in [0.15, 0.2) is 30.3 Å². The highest BCUT2D eigenvalue weighted by atomic mass is 16.5. The van der Waals surface area contributed by atoms with Gasteiger partial charge in [-0.2, -0.15) is 0 Å². The average Bonchev–Trinajstić information content (AvgIpc) is 2.81. The summed E-state index contributed by atoms with van der Waals surface area (Å²) in [6.45, 7) is 8.29. The van der Waals surface area contributed by atoms with E-state index in [0.29, 0.717) is 0 Å². The fourth-order valence-electron chi connectivity index (χ4n) is 2.76. The maximum atomic E-state index is 5.92. The molecule has 0 saturated heterocycles. The van der Waals surface area contributed by atoms with Crippen LogP contribution in [-0.4, -0.2) is 13.2 Å². The van der Waals surface area contributed by atoms with E-state index in [1.807, 2.05) is 0 Å². The third kappa shape index (κ3) is 2.05. The Morgan fingerprint density at radius 1 is 1.20 bits per heavy atom. The molecule has 0 saturated carbocycles. The molecule has 2 aromatic carbocycles. The highest BCUT2D eigenvalue weighted by molar-refractivity contribution is 5.77. The Morgan fingerprint density at radius 2 is 2.00 bits per heavy atom. The van der Waals surface area contributed by atoms with Crippen LogP contribution in [0.1, 0.15) is 16.7 Å². The van der Waals surface area contributed by atoms with E-state index in [4.69, 9.17) is 9.47 Å². The smallest absolute Gasteiger partial charge is 0.131 e. The third-order valence-corrected chi connectivity index (χ3v) is 4.00. The lowest BCUT2D eigenvalue weighted by molar-refractivity contribution is 0.282. The molecule has 0 aromatic heterocycles. The molecule has 1 unspecified atom stereocenters. The van der Waals surface area contributed by atoms with Crippen LogP contribution in [0.4, 0.5) is 0 Å². The summed E-state index contributed by atoms with van der Waals surface area (Å²) in [6, 6.07) is 10.5. The van der Waals surface area contributed by atoms with E-state index in [1.54, 1.807) is 7.11 Å². The molecule has 0 N–H and O–H groups in total. The first-order valence-corrected chi connectivity index (χ1v) is 6.87. The summed E-state index contributed by atoms with van der Waals surface area (Å²) in [5.74, 6) is 1.83. The van der Waals surface area contributed by atoms with Gasteiger partial charge < -0.3 is 9.47 Å². The fourth-order valence-corrected chi connectivity index (χ4v) is 2.76. The van der Waals surface area contributed by atoms with Crippen LogP contribution in [0.2, 0.25) is 0 Å². The molecule has 0 spiro atoms. The molecular formula is C18H19O2. The summed E-state index contributed by atoms with van der Waals surface area (Å²) in [4.78, 5) is 0. The molecule has 1 atom stereocenters. The van der Waals surface area contributed by atoms with Gasteiger partial charge in [0.2, 0.25) is 0 Å². The van der Waals surface area contributed by atoms with Crippen LogP contribution in [-0.2, 0) is 6.42 Å². The summed E-state index contributed by atoms with van der Waals surface area (Å²) in [5.41, 5.74) is 6.04. The van der Waals surface area contributed by atoms with Gasteiger partial charge >= 0.3 is 0 Å². The van der Waals surface area contributed by atoms with Crippen molar-refractivity contribution < 1.29 is 9.47 Å². The first-order valence-electron chi connectivity index (χ1n) is 6.87. The molecule has 1 aliphatic rings. The molecule has 1 radical (unpaired) electrons. The van der Waals surface area contributed by atoms with Gasteiger partial charge in [0.1, 0.15) is 17.6 Å². The van der Waals surface area contributed by atoms with Crippen molar-refractivity contribution in [2.45, 2.75) is 26.4 Å². The standard InChI is InChI=1S/C18H19O2/c1-11-6-5-7-16(13(11)3)17-10-15(19-4)9-14-8-12(2)20-18(14)17/h5-7,9-10,12H,2,8H2,1,3-4H3. The van der Waals surface area contributed by atoms with Crippen LogP contribution < -0.4 is 9.47 Å². The molecule has 20 heavy (non-hydrogen) atoms. The maximum absolute atomic E-state index is 5.92. The van der Waals surface area contributed by atoms with E-state index in [-0.39, 0.29) is 6.10 Å². The fraction of sp³-hybridized carbons (Fsp3) is 0.278. The number of rotatable bonds is 2. The van der Waals surface area contributed by atoms with Gasteiger partial charge in [-0.25, -0.2) is 0 Å². The predicted molar refractivity (Wildman–Crippen MR) is 81.4 cm³/mol. The van der Waals surface area contributed by atoms with Gasteiger partial charge in [-0.3, -0.25) is 0 Å². The lowest BCUT2D eigenvalue weighted by Crippen LogP contribution is -2.06. The zero-order chi connectivity index (χ0) is 14.3. The Kier molecular flexibility index (Phi) is 3.17. The number of benzene rings is 2. The summed E-state index contributed by atoms with van der Waals surface area (Å²) in [5, 5.41) is 0. The summed E-state index contributed by atoms with van der Waals surface area (Å²) >= 11 is 0. The van der Waals surface area contributed by atoms with Crippen molar-refractivity contribution in [3.8, 4) is 22.6 Å². The quantitative estimate of drug-likeness (QED) is 0.815. The second-order valence-electron chi connectivity index (χ2n) is 5.35. The van der Waals surface area contributed by atoms with Crippen LogP contribution in [0, 0.1) is 20.8 Å². The number of hydrogen-bond acceptors (Lipinski definition) is 2. The lowest BCUT2D eigenvalue weighted by atomic mass is 9.94. The zero-order valence-corrected chi connectivity index (χ0v) is 12.2. The maximum Gasteiger partial charge on any atom is 0.131 e. The molecule has 0 fully saturated rings. The Hall–Kier alpha value is -1.96. The van der Waals surface area contributed by atoms with Crippen molar-refractivity contribution in [3.63, 3.8) is 0 Å². The van der Waals surface area contributed by atoms with Gasteiger partial charge in [0.05, 0.1) is 7.11 Å². The molecule has 0 amide bonds. The predicted octanol–water partition coefficient (Wildman–Crippen LogP) is 4.12. The van der Waals surface area contributed by atoms with Crippen molar-refractivity contribution >= 4 is 0 Å². The molecule has 1 heterocycles. The minimum atomic E-state index is -0.0130. The topological polar surface area (TPSA) is 18.5 Å². The average molecular weight is 267 g/mol. The lowest BCUT2D eigenvalue weighted by Gasteiger charge is -2.14. The number of hydrogen-bond donors (Lipinski definition) is 0. The van der Waals surface area contributed by atoms with Crippen molar-refractivity contribution in [1.29, 1.82) is 0 Å². The second-order valence-corrected chi connectivity index (χ2v) is 5.35. The first kappa shape index (κ1) is 13.0. The van der Waals surface area contributed by atoms with Crippen LogP contribution in [0.5, 0.6) is 11.5 Å². The molecule has 0 bridgehead atoms. The summed E-state index contributed by atoms with van der Waals surface area (Å²) in [6.07, 6.45) is 0.825. The van der Waals surface area contributed by atoms with Crippen LogP contribution in [0.3, 0.4) is 0 Å². The highest BCUT2D eigenvalue weighted by Gasteiger charge is 2.24. The Labute approximate surface area is 120 Å². The summed E-state index contributed by atoms with van der Waals surface area (Å²) in [7, 11) is 1.70. The number of ether oxygens (including phenoxy) is 2. The van der Waals surface area contributed by atoms with Crippen LogP contribution in [0.25, 0.3) is 11.1 Å². The van der Waals surface area contributed by atoms with E-state index in [1.165, 1.54) is 22.3 Å². The molecule has 2 heteroatoms. The Balaban J connectivity index is 2.23. The molecule has 1 aliphatic heterocycles. The molecule has 103 valence electrons. The minimum Gasteiger partial charge on any atom is -0.497 e. The van der Waals surface area contributed by atoms with Gasteiger partial charge in [0, 0.05) is 17.5 Å². The molecule has 0 aliphatic carbocycles. The van der Waals surface area contributed by atoms with Crippen molar-refractivity contribution in [1.82, 2.24) is 0 Å². The van der Waals surface area contributed by atoms with E-state index in [9.17, 15) is 0 Å². The summed E-state index contributed by atoms with van der Waals surface area (Å²) < 4.78 is 11.4. The SMILES string of the molecule is [CH2]C1Cc2cc(OC)cc(-c3cccc(C)c3C)c2O1. The highest BCUT2D eigenvalue weighted by Crippen LogP contribution is 2.43. The zero-order valence-electron chi connectivity index (χ0n) is 12.2. The van der Waals surface area contributed by atoms with Crippen molar-refractivity contribution in [3.05, 3.63) is 53.9 Å². The number of fused-ring (bicyclic) bond motifs is 1. The van der Waals surface area contributed by atoms with Crippen LogP contribution >= 0.6 is 0 Å². The molecule has 3 rings (SSSR count). The second kappa shape index (κ2) is 4.86. The Bertz CT molecular complexity index is 659. The van der Waals surface area contributed by atoms with Gasteiger partial charge in [-0.05, 0) is 49.6 Å². The monoisotopic (exact) mass is 267 g/mol. The molecule has 2 nitrogen and oxygen atoms in total. The van der Waals surface area contributed by atoms with E-state index < -0.39 is 0 Å². The van der Waals surface area contributed by atoms with E-state index >= 15 is 0 Å². The van der Waals surface area contributed by atoms with E-state index in [0.717, 1.165) is 23.5 Å². The van der Waals surface area contributed by atoms with Gasteiger partial charge in [0.25, 0.3) is 0 Å². The van der Waals surface area contributed by atoms with Gasteiger partial charge in [-0.15, -0.1) is 0 Å². The molecule has 2 aromatic rings.